The number of carbonyl (C=O) groups excluding carboxylic acids is 1. The highest BCUT2D eigenvalue weighted by Crippen LogP contribution is 2.32. The van der Waals surface area contributed by atoms with Crippen LogP contribution in [0.15, 0.2) is 36.8 Å². The summed E-state index contributed by atoms with van der Waals surface area (Å²) in [5.41, 5.74) is 2.27. The van der Waals surface area contributed by atoms with Gasteiger partial charge in [-0.1, -0.05) is 0 Å². The molecule has 2 aromatic heterocycles. The van der Waals surface area contributed by atoms with Crippen molar-refractivity contribution in [2.75, 3.05) is 13.6 Å². The summed E-state index contributed by atoms with van der Waals surface area (Å²) in [5, 5.41) is 12.5. The molecule has 0 spiro atoms. The van der Waals surface area contributed by atoms with Crippen molar-refractivity contribution in [1.29, 1.82) is 0 Å². The van der Waals surface area contributed by atoms with Crippen LogP contribution in [0.2, 0.25) is 0 Å². The van der Waals surface area contributed by atoms with Gasteiger partial charge in [-0.05, 0) is 24.3 Å². The molecule has 1 aromatic carbocycles. The number of carbonyl (C=O) groups is 2. The summed E-state index contributed by atoms with van der Waals surface area (Å²) in [6.07, 6.45) is 1.90. The van der Waals surface area contributed by atoms with Crippen LogP contribution in [0, 0.1) is 0 Å². The van der Waals surface area contributed by atoms with Gasteiger partial charge in [0.15, 0.2) is 0 Å². The molecule has 0 saturated carbocycles. The van der Waals surface area contributed by atoms with Crippen molar-refractivity contribution in [2.24, 2.45) is 0 Å². The van der Waals surface area contributed by atoms with E-state index < -0.39 is 6.09 Å². The van der Waals surface area contributed by atoms with Gasteiger partial charge in [-0.15, -0.1) is 0 Å². The van der Waals surface area contributed by atoms with Crippen LogP contribution in [-0.4, -0.2) is 50.1 Å². The first kappa shape index (κ1) is 17.0. The number of amides is 1. The SMILES string of the molecule is CNC(=O)CN1Cc2ncnc(Oc3ccc4c(ccn4C(=O)O)c3)c2C1. The largest absolute Gasteiger partial charge is 0.464 e. The van der Waals surface area contributed by atoms with Crippen LogP contribution < -0.4 is 10.1 Å². The van der Waals surface area contributed by atoms with Crippen molar-refractivity contribution in [1.82, 2.24) is 24.8 Å². The maximum atomic E-state index is 11.6. The minimum Gasteiger partial charge on any atom is -0.464 e. The van der Waals surface area contributed by atoms with Crippen molar-refractivity contribution in [3.63, 3.8) is 0 Å². The Morgan fingerprint density at radius 1 is 1.26 bits per heavy atom. The van der Waals surface area contributed by atoms with E-state index in [1.54, 1.807) is 31.3 Å². The summed E-state index contributed by atoms with van der Waals surface area (Å²) in [4.78, 5) is 33.3. The highest BCUT2D eigenvalue weighted by Gasteiger charge is 2.26. The van der Waals surface area contributed by atoms with Crippen molar-refractivity contribution in [3.05, 3.63) is 48.0 Å². The summed E-state index contributed by atoms with van der Waals surface area (Å²) >= 11 is 0. The molecule has 0 atom stereocenters. The van der Waals surface area contributed by atoms with Gasteiger partial charge in [0.25, 0.3) is 0 Å². The quantitative estimate of drug-likeness (QED) is 0.724. The van der Waals surface area contributed by atoms with Gasteiger partial charge in [0.1, 0.15) is 12.1 Å². The average Bonchev–Trinajstić information content (AvgIpc) is 3.25. The number of nitrogens with one attached hydrogen (secondary N) is 1. The minimum atomic E-state index is -1.04. The number of benzene rings is 1. The molecule has 0 fully saturated rings. The van der Waals surface area contributed by atoms with Crippen LogP contribution in [0.1, 0.15) is 11.3 Å². The van der Waals surface area contributed by atoms with Gasteiger partial charge in [-0.2, -0.15) is 0 Å². The average molecular weight is 367 g/mol. The van der Waals surface area contributed by atoms with Gasteiger partial charge < -0.3 is 15.2 Å². The van der Waals surface area contributed by atoms with E-state index in [4.69, 9.17) is 9.84 Å². The van der Waals surface area contributed by atoms with E-state index in [1.807, 2.05) is 4.90 Å². The number of aromatic nitrogens is 3. The molecule has 1 aliphatic rings. The van der Waals surface area contributed by atoms with E-state index in [2.05, 4.69) is 15.3 Å². The number of fused-ring (bicyclic) bond motifs is 2. The van der Waals surface area contributed by atoms with E-state index in [-0.39, 0.29) is 12.5 Å². The fourth-order valence-electron chi connectivity index (χ4n) is 3.16. The van der Waals surface area contributed by atoms with Crippen LogP contribution in [0.3, 0.4) is 0 Å². The predicted molar refractivity (Wildman–Crippen MR) is 95.6 cm³/mol. The van der Waals surface area contributed by atoms with E-state index in [1.165, 1.54) is 12.5 Å². The molecule has 1 aliphatic heterocycles. The second kappa shape index (κ2) is 6.69. The van der Waals surface area contributed by atoms with E-state index in [9.17, 15) is 9.59 Å². The summed E-state index contributed by atoms with van der Waals surface area (Å²) in [5.74, 6) is 0.930. The fraction of sp³-hybridized carbons (Fsp3) is 0.222. The fourth-order valence-corrected chi connectivity index (χ4v) is 3.16. The maximum absolute atomic E-state index is 11.6. The molecule has 2 N–H and O–H groups in total. The maximum Gasteiger partial charge on any atom is 0.415 e. The Labute approximate surface area is 154 Å². The predicted octanol–water partition coefficient (Wildman–Crippen LogP) is 1.81. The van der Waals surface area contributed by atoms with E-state index in [0.29, 0.717) is 30.2 Å². The lowest BCUT2D eigenvalue weighted by Crippen LogP contribution is -2.32. The first-order chi connectivity index (χ1) is 13.0. The Kier molecular flexibility index (Phi) is 4.21. The molecule has 0 unspecified atom stereocenters. The molecule has 0 saturated heterocycles. The molecule has 3 heterocycles. The molecule has 4 rings (SSSR count). The van der Waals surface area contributed by atoms with Gasteiger partial charge >= 0.3 is 6.09 Å². The highest BCUT2D eigenvalue weighted by atomic mass is 16.5. The first-order valence-corrected chi connectivity index (χ1v) is 8.33. The molecule has 1 amide bonds. The molecular formula is C18H17N5O4. The minimum absolute atomic E-state index is 0.0633. The van der Waals surface area contributed by atoms with Gasteiger partial charge in [0.05, 0.1) is 23.3 Å². The lowest BCUT2D eigenvalue weighted by Gasteiger charge is -2.12. The zero-order valence-corrected chi connectivity index (χ0v) is 14.5. The third kappa shape index (κ3) is 3.20. The van der Waals surface area contributed by atoms with E-state index >= 15 is 0 Å². The standard InChI is InChI=1S/C18H17N5O4/c1-19-16(24)9-22-7-13-14(8-22)20-10-21-17(13)27-12-2-3-15-11(6-12)4-5-23(15)18(25)26/h2-6,10H,7-9H2,1H3,(H,19,24)(H,25,26). The summed E-state index contributed by atoms with van der Waals surface area (Å²) in [6, 6.07) is 6.87. The van der Waals surface area contributed by atoms with Gasteiger partial charge in [0, 0.05) is 31.7 Å². The summed E-state index contributed by atoms with van der Waals surface area (Å²) in [6.45, 7) is 1.36. The Morgan fingerprint density at radius 3 is 2.89 bits per heavy atom. The molecule has 138 valence electrons. The molecule has 27 heavy (non-hydrogen) atoms. The Bertz CT molecular complexity index is 1050. The smallest absolute Gasteiger partial charge is 0.415 e. The van der Waals surface area contributed by atoms with Gasteiger partial charge in [0.2, 0.25) is 11.8 Å². The summed E-state index contributed by atoms with van der Waals surface area (Å²) in [7, 11) is 1.60. The van der Waals surface area contributed by atoms with Crippen LogP contribution in [0.4, 0.5) is 4.79 Å². The highest BCUT2D eigenvalue weighted by molar-refractivity contribution is 5.89. The van der Waals surface area contributed by atoms with Crippen LogP contribution >= 0.6 is 0 Å². The monoisotopic (exact) mass is 367 g/mol. The third-order valence-corrected chi connectivity index (χ3v) is 4.48. The van der Waals surface area contributed by atoms with Crippen molar-refractivity contribution in [3.8, 4) is 11.6 Å². The van der Waals surface area contributed by atoms with Gasteiger partial charge in [-0.25, -0.2) is 14.8 Å². The lowest BCUT2D eigenvalue weighted by molar-refractivity contribution is -0.121. The van der Waals surface area contributed by atoms with Gasteiger partial charge in [-0.3, -0.25) is 14.3 Å². The number of carboxylic acid groups (broad SMARTS) is 1. The molecule has 0 bridgehead atoms. The number of hydrogen-bond acceptors (Lipinski definition) is 6. The topological polar surface area (TPSA) is 110 Å². The Morgan fingerprint density at radius 2 is 2.11 bits per heavy atom. The lowest BCUT2D eigenvalue weighted by atomic mass is 10.2. The normalized spacial score (nSPS) is 13.5. The Balaban J connectivity index is 1.58. The third-order valence-electron chi connectivity index (χ3n) is 4.48. The zero-order chi connectivity index (χ0) is 19.0. The molecule has 0 aliphatic carbocycles. The molecule has 0 radical (unpaired) electrons. The zero-order valence-electron chi connectivity index (χ0n) is 14.5. The van der Waals surface area contributed by atoms with Crippen molar-refractivity contribution < 1.29 is 19.4 Å². The number of likely N-dealkylation sites (N-methyl/N-ethyl adjacent to an activating group) is 1. The number of rotatable bonds is 4. The molecule has 9 heteroatoms. The summed E-state index contributed by atoms with van der Waals surface area (Å²) < 4.78 is 7.09. The van der Waals surface area contributed by atoms with Crippen molar-refractivity contribution in [2.45, 2.75) is 13.1 Å². The first-order valence-electron chi connectivity index (χ1n) is 8.33. The van der Waals surface area contributed by atoms with Crippen LogP contribution in [-0.2, 0) is 17.9 Å². The second-order valence-electron chi connectivity index (χ2n) is 6.21. The van der Waals surface area contributed by atoms with Crippen molar-refractivity contribution >= 4 is 22.9 Å². The Hall–Kier alpha value is -3.46. The second-order valence-corrected chi connectivity index (χ2v) is 6.21. The molecule has 3 aromatic rings. The molecule has 9 nitrogen and oxygen atoms in total. The molecular weight excluding hydrogens is 350 g/mol. The number of hydrogen-bond donors (Lipinski definition) is 2. The van der Waals surface area contributed by atoms with Crippen LogP contribution in [0.5, 0.6) is 11.6 Å². The van der Waals surface area contributed by atoms with E-state index in [0.717, 1.165) is 21.2 Å². The number of nitrogens with zero attached hydrogens (tertiary/aromatic N) is 4. The number of ether oxygens (including phenoxy) is 1. The van der Waals surface area contributed by atoms with Crippen LogP contribution in [0.25, 0.3) is 10.9 Å².